The average molecular weight is 367 g/mol. The van der Waals surface area contributed by atoms with Crippen molar-refractivity contribution in [3.05, 3.63) is 47.2 Å². The average Bonchev–Trinajstić information content (AvgIpc) is 3.24. The van der Waals surface area contributed by atoms with E-state index in [2.05, 4.69) is 28.2 Å². The van der Waals surface area contributed by atoms with Crippen LogP contribution in [0.4, 0.5) is 0 Å². The molecule has 1 aliphatic rings. The number of amides is 1. The summed E-state index contributed by atoms with van der Waals surface area (Å²) in [6, 6.07) is 5.11. The molecule has 1 unspecified atom stereocenters. The number of aliphatic carboxylic acids is 1. The topological polar surface area (TPSA) is 104 Å². The maximum Gasteiger partial charge on any atom is 0.328 e. The molecule has 2 aromatic heterocycles. The van der Waals surface area contributed by atoms with Gasteiger partial charge in [0.15, 0.2) is 5.82 Å². The first-order valence-electron chi connectivity index (χ1n) is 8.98. The summed E-state index contributed by atoms with van der Waals surface area (Å²) < 4.78 is 1.77. The first kappa shape index (κ1) is 17.3. The van der Waals surface area contributed by atoms with Crippen molar-refractivity contribution in [2.24, 2.45) is 0 Å². The second-order valence-corrected chi connectivity index (χ2v) is 6.83. The Bertz CT molecular complexity index is 1040. The fourth-order valence-corrected chi connectivity index (χ4v) is 3.77. The number of carboxylic acids is 1. The van der Waals surface area contributed by atoms with Crippen LogP contribution in [0.2, 0.25) is 0 Å². The van der Waals surface area contributed by atoms with E-state index in [0.717, 1.165) is 22.9 Å². The summed E-state index contributed by atoms with van der Waals surface area (Å²) in [6.07, 6.45) is 2.88. The van der Waals surface area contributed by atoms with Gasteiger partial charge in [-0.05, 0) is 24.5 Å². The van der Waals surface area contributed by atoms with Gasteiger partial charge in [0, 0.05) is 17.1 Å². The molecule has 1 aromatic carbocycles. The van der Waals surface area contributed by atoms with Gasteiger partial charge >= 0.3 is 5.97 Å². The highest BCUT2D eigenvalue weighted by Crippen LogP contribution is 2.25. The fraction of sp³-hybridized carbons (Fsp3) is 0.368. The largest absolute Gasteiger partial charge is 0.480 e. The summed E-state index contributed by atoms with van der Waals surface area (Å²) in [5, 5.41) is 18.7. The summed E-state index contributed by atoms with van der Waals surface area (Å²) in [6.45, 7) is 4.19. The lowest BCUT2D eigenvalue weighted by Crippen LogP contribution is -2.51. The number of hydrogen-bond acceptors (Lipinski definition) is 4. The van der Waals surface area contributed by atoms with Crippen molar-refractivity contribution < 1.29 is 14.7 Å². The molecule has 0 saturated heterocycles. The number of nitrogens with one attached hydrogen (secondary N) is 1. The van der Waals surface area contributed by atoms with Crippen LogP contribution in [0.1, 0.15) is 29.7 Å². The number of hydrogen-bond donors (Lipinski definition) is 2. The van der Waals surface area contributed by atoms with Crippen LogP contribution in [0.5, 0.6) is 0 Å². The van der Waals surface area contributed by atoms with Gasteiger partial charge < -0.3 is 19.6 Å². The first-order valence-corrected chi connectivity index (χ1v) is 8.98. The number of fused-ring (bicyclic) bond motifs is 2. The fourth-order valence-electron chi connectivity index (χ4n) is 3.77. The molecule has 3 aromatic rings. The number of aromatic nitrogens is 4. The highest BCUT2D eigenvalue weighted by molar-refractivity contribution is 5.92. The third-order valence-corrected chi connectivity index (χ3v) is 5.27. The highest BCUT2D eigenvalue weighted by Gasteiger charge is 2.36. The number of carbonyl (C=O) groups excluding carboxylic acids is 1. The molecule has 140 valence electrons. The zero-order valence-corrected chi connectivity index (χ0v) is 15.3. The SMILES string of the molecule is CCc1cccc2c(CC(=O)N3Cc4nnc(C)n4CC3C(=O)O)c[nH]c12. The van der Waals surface area contributed by atoms with E-state index in [1.54, 1.807) is 11.5 Å². The molecule has 1 atom stereocenters. The number of carbonyl (C=O) groups is 2. The van der Waals surface area contributed by atoms with Crippen LogP contribution in [-0.4, -0.2) is 47.7 Å². The number of H-pyrrole nitrogens is 1. The van der Waals surface area contributed by atoms with Crippen LogP contribution in [0.15, 0.2) is 24.4 Å². The van der Waals surface area contributed by atoms with E-state index in [0.29, 0.717) is 11.6 Å². The molecule has 0 bridgehead atoms. The van der Waals surface area contributed by atoms with E-state index >= 15 is 0 Å². The molecule has 8 heteroatoms. The Morgan fingerprint density at radius 3 is 2.85 bits per heavy atom. The smallest absolute Gasteiger partial charge is 0.328 e. The highest BCUT2D eigenvalue weighted by atomic mass is 16.4. The minimum absolute atomic E-state index is 0.143. The number of aryl methyl sites for hydroxylation is 2. The lowest BCUT2D eigenvalue weighted by molar-refractivity contribution is -0.152. The van der Waals surface area contributed by atoms with Crippen molar-refractivity contribution in [3.63, 3.8) is 0 Å². The Kier molecular flexibility index (Phi) is 4.18. The van der Waals surface area contributed by atoms with Gasteiger partial charge in [0.25, 0.3) is 0 Å². The predicted octanol–water partition coefficient (Wildman–Crippen LogP) is 1.67. The minimum atomic E-state index is -1.02. The zero-order valence-electron chi connectivity index (χ0n) is 15.3. The Morgan fingerprint density at radius 1 is 1.30 bits per heavy atom. The number of nitrogens with zero attached hydrogens (tertiary/aromatic N) is 4. The molecule has 0 spiro atoms. The Morgan fingerprint density at radius 2 is 2.11 bits per heavy atom. The quantitative estimate of drug-likeness (QED) is 0.730. The molecule has 0 saturated carbocycles. The van der Waals surface area contributed by atoms with E-state index in [4.69, 9.17) is 0 Å². The van der Waals surface area contributed by atoms with Crippen molar-refractivity contribution in [1.29, 1.82) is 0 Å². The van der Waals surface area contributed by atoms with E-state index in [9.17, 15) is 14.7 Å². The van der Waals surface area contributed by atoms with Crippen LogP contribution >= 0.6 is 0 Å². The Labute approximate surface area is 155 Å². The lowest BCUT2D eigenvalue weighted by Gasteiger charge is -2.33. The van der Waals surface area contributed by atoms with Crippen LogP contribution in [-0.2, 0) is 35.5 Å². The van der Waals surface area contributed by atoms with Gasteiger partial charge in [-0.1, -0.05) is 25.1 Å². The van der Waals surface area contributed by atoms with Crippen LogP contribution in [0.25, 0.3) is 10.9 Å². The number of para-hydroxylation sites is 1. The normalized spacial score (nSPS) is 16.5. The zero-order chi connectivity index (χ0) is 19.1. The Balaban J connectivity index is 1.63. The molecule has 2 N–H and O–H groups in total. The lowest BCUT2D eigenvalue weighted by atomic mass is 10.0. The summed E-state index contributed by atoms with van der Waals surface area (Å²) in [5.41, 5.74) is 3.10. The van der Waals surface area contributed by atoms with Crippen molar-refractivity contribution in [3.8, 4) is 0 Å². The van der Waals surface area contributed by atoms with Gasteiger partial charge in [-0.3, -0.25) is 4.79 Å². The monoisotopic (exact) mass is 367 g/mol. The molecule has 0 fully saturated rings. The van der Waals surface area contributed by atoms with Gasteiger partial charge in [0.05, 0.1) is 19.5 Å². The van der Waals surface area contributed by atoms with E-state index in [1.165, 1.54) is 10.5 Å². The molecule has 8 nitrogen and oxygen atoms in total. The predicted molar refractivity (Wildman–Crippen MR) is 98.1 cm³/mol. The third kappa shape index (κ3) is 2.87. The molecule has 0 aliphatic carbocycles. The second kappa shape index (κ2) is 6.53. The third-order valence-electron chi connectivity index (χ3n) is 5.27. The van der Waals surface area contributed by atoms with Crippen molar-refractivity contribution >= 4 is 22.8 Å². The number of rotatable bonds is 4. The van der Waals surface area contributed by atoms with Gasteiger partial charge in [0.1, 0.15) is 11.9 Å². The molecule has 4 rings (SSSR count). The molecular formula is C19H21N5O3. The molecule has 1 amide bonds. The number of aromatic amines is 1. The summed E-state index contributed by atoms with van der Waals surface area (Å²) in [5.74, 6) is 0.0315. The van der Waals surface area contributed by atoms with E-state index in [-0.39, 0.29) is 25.4 Å². The number of carboxylic acid groups (broad SMARTS) is 1. The van der Waals surface area contributed by atoms with Gasteiger partial charge in [0.2, 0.25) is 5.91 Å². The summed E-state index contributed by atoms with van der Waals surface area (Å²) in [4.78, 5) is 29.4. The summed E-state index contributed by atoms with van der Waals surface area (Å²) in [7, 11) is 0. The van der Waals surface area contributed by atoms with Gasteiger partial charge in [-0.25, -0.2) is 4.79 Å². The van der Waals surface area contributed by atoms with Gasteiger partial charge in [-0.2, -0.15) is 0 Å². The van der Waals surface area contributed by atoms with Crippen LogP contribution < -0.4 is 0 Å². The maximum atomic E-state index is 13.0. The molecular weight excluding hydrogens is 346 g/mol. The van der Waals surface area contributed by atoms with Crippen LogP contribution in [0, 0.1) is 6.92 Å². The van der Waals surface area contributed by atoms with Crippen molar-refractivity contribution in [2.45, 2.75) is 45.8 Å². The first-order chi connectivity index (χ1) is 13.0. The van der Waals surface area contributed by atoms with E-state index in [1.807, 2.05) is 18.3 Å². The molecule has 1 aliphatic heterocycles. The molecule has 0 radical (unpaired) electrons. The Hall–Kier alpha value is -3.16. The second-order valence-electron chi connectivity index (χ2n) is 6.83. The standard InChI is InChI=1S/C19H21N5O3/c1-3-12-5-4-6-14-13(8-20-18(12)14)7-17(25)24-10-16-22-21-11(2)23(16)9-15(24)19(26)27/h4-6,8,15,20H,3,7,9-10H2,1-2H3,(H,26,27). The minimum Gasteiger partial charge on any atom is -0.480 e. The number of benzene rings is 1. The van der Waals surface area contributed by atoms with Crippen molar-refractivity contribution in [1.82, 2.24) is 24.6 Å². The van der Waals surface area contributed by atoms with Gasteiger partial charge in [-0.15, -0.1) is 10.2 Å². The molecule has 27 heavy (non-hydrogen) atoms. The summed E-state index contributed by atoms with van der Waals surface area (Å²) >= 11 is 0. The van der Waals surface area contributed by atoms with Crippen molar-refractivity contribution in [2.75, 3.05) is 0 Å². The van der Waals surface area contributed by atoms with Crippen LogP contribution in [0.3, 0.4) is 0 Å². The maximum absolute atomic E-state index is 13.0. The van der Waals surface area contributed by atoms with E-state index < -0.39 is 12.0 Å². The molecule has 3 heterocycles.